The molecule has 0 fully saturated rings. The lowest BCUT2D eigenvalue weighted by Gasteiger charge is -2.26. The number of carboxylic acid groups (broad SMARTS) is 1. The second-order valence-electron chi connectivity index (χ2n) is 6.07. The van der Waals surface area contributed by atoms with Gasteiger partial charge in [-0.05, 0) is 18.8 Å². The number of nitrogens with zero attached hydrogens (tertiary/aromatic N) is 4. The van der Waals surface area contributed by atoms with Gasteiger partial charge in [-0.3, -0.25) is 4.79 Å². The number of hydrogen-bond acceptors (Lipinski definition) is 4. The maximum absolute atomic E-state index is 12.4. The van der Waals surface area contributed by atoms with Gasteiger partial charge in [-0.1, -0.05) is 32.9 Å². The third-order valence-corrected chi connectivity index (χ3v) is 2.99. The number of aromatic carboxylic acids is 1. The molecule has 1 aromatic rings. The van der Waals surface area contributed by atoms with Crippen LogP contribution >= 0.6 is 0 Å². The van der Waals surface area contributed by atoms with Gasteiger partial charge in [-0.2, -0.15) is 0 Å². The van der Waals surface area contributed by atoms with E-state index in [2.05, 4.69) is 38.0 Å². The Labute approximate surface area is 124 Å². The largest absolute Gasteiger partial charge is 0.476 e. The van der Waals surface area contributed by atoms with Crippen LogP contribution in [0.5, 0.6) is 0 Å². The van der Waals surface area contributed by atoms with Gasteiger partial charge in [0.15, 0.2) is 5.69 Å². The highest BCUT2D eigenvalue weighted by atomic mass is 16.4. The van der Waals surface area contributed by atoms with Crippen LogP contribution in [0, 0.1) is 18.8 Å². The van der Waals surface area contributed by atoms with Crippen LogP contribution in [0.1, 0.15) is 43.9 Å². The molecule has 0 atom stereocenters. The minimum atomic E-state index is -1.13. The van der Waals surface area contributed by atoms with Gasteiger partial charge >= 0.3 is 5.97 Å². The first kappa shape index (κ1) is 17.1. The first-order chi connectivity index (χ1) is 9.72. The Hall–Kier alpha value is -1.92. The molecule has 0 radical (unpaired) electrons. The van der Waals surface area contributed by atoms with Gasteiger partial charge in [-0.25, -0.2) is 9.48 Å². The van der Waals surface area contributed by atoms with Crippen molar-refractivity contribution >= 4 is 11.9 Å². The lowest BCUT2D eigenvalue weighted by Crippen LogP contribution is -2.39. The predicted molar refractivity (Wildman–Crippen MR) is 78.0 cm³/mol. The average molecular weight is 296 g/mol. The minimum absolute atomic E-state index is 0.0194. The molecule has 0 aliphatic carbocycles. The van der Waals surface area contributed by atoms with Gasteiger partial charge in [0, 0.05) is 13.1 Å². The zero-order valence-electron chi connectivity index (χ0n) is 13.3. The molecular weight excluding hydrogens is 272 g/mol. The monoisotopic (exact) mass is 296 g/mol. The van der Waals surface area contributed by atoms with Crippen LogP contribution in [0.4, 0.5) is 0 Å². The van der Waals surface area contributed by atoms with E-state index in [1.54, 1.807) is 11.8 Å². The van der Waals surface area contributed by atoms with Crippen molar-refractivity contribution in [2.45, 2.75) is 41.2 Å². The zero-order valence-corrected chi connectivity index (χ0v) is 13.3. The molecule has 1 amide bonds. The van der Waals surface area contributed by atoms with Crippen LogP contribution in [0.15, 0.2) is 0 Å². The Morgan fingerprint density at radius 1 is 1.19 bits per heavy atom. The number of carbonyl (C=O) groups excluding carboxylic acids is 1. The minimum Gasteiger partial charge on any atom is -0.476 e. The molecule has 1 heterocycles. The third kappa shape index (κ3) is 4.84. The van der Waals surface area contributed by atoms with Crippen molar-refractivity contribution in [3.63, 3.8) is 0 Å². The maximum Gasteiger partial charge on any atom is 0.358 e. The van der Waals surface area contributed by atoms with Crippen molar-refractivity contribution in [3.05, 3.63) is 11.4 Å². The molecule has 0 aliphatic rings. The molecule has 1 aromatic heterocycles. The van der Waals surface area contributed by atoms with Crippen LogP contribution in [0.25, 0.3) is 0 Å². The molecule has 0 saturated heterocycles. The summed E-state index contributed by atoms with van der Waals surface area (Å²) in [4.78, 5) is 25.1. The van der Waals surface area contributed by atoms with Crippen molar-refractivity contribution in [1.29, 1.82) is 0 Å². The van der Waals surface area contributed by atoms with Gasteiger partial charge in [0.25, 0.3) is 0 Å². The van der Waals surface area contributed by atoms with Crippen molar-refractivity contribution in [1.82, 2.24) is 19.9 Å². The van der Waals surface area contributed by atoms with Gasteiger partial charge in [0.1, 0.15) is 6.54 Å². The number of aromatic nitrogens is 3. The molecule has 0 spiro atoms. The molecule has 0 aliphatic heterocycles. The highest BCUT2D eigenvalue weighted by Gasteiger charge is 2.20. The highest BCUT2D eigenvalue weighted by molar-refractivity contribution is 5.86. The van der Waals surface area contributed by atoms with E-state index >= 15 is 0 Å². The van der Waals surface area contributed by atoms with E-state index < -0.39 is 5.97 Å². The Kier molecular flexibility index (Phi) is 5.87. The van der Waals surface area contributed by atoms with Crippen LogP contribution < -0.4 is 0 Å². The quantitative estimate of drug-likeness (QED) is 0.822. The van der Waals surface area contributed by atoms with E-state index in [0.717, 1.165) is 0 Å². The fourth-order valence-electron chi connectivity index (χ4n) is 2.10. The molecule has 7 heteroatoms. The normalized spacial score (nSPS) is 11.2. The summed E-state index contributed by atoms with van der Waals surface area (Å²) in [6, 6.07) is 0. The second-order valence-corrected chi connectivity index (χ2v) is 6.07. The molecule has 118 valence electrons. The summed E-state index contributed by atoms with van der Waals surface area (Å²) in [5.74, 6) is -0.451. The topological polar surface area (TPSA) is 88.3 Å². The number of hydrogen-bond donors (Lipinski definition) is 1. The van der Waals surface area contributed by atoms with Crippen molar-refractivity contribution in [3.8, 4) is 0 Å². The lowest BCUT2D eigenvalue weighted by molar-refractivity contribution is -0.133. The van der Waals surface area contributed by atoms with E-state index in [1.165, 1.54) is 4.68 Å². The second kappa shape index (κ2) is 7.19. The molecule has 21 heavy (non-hydrogen) atoms. The standard InChI is InChI=1S/C14H24N4O3/c1-9(2)6-17(7-10(3)4)12(19)8-18-11(5)13(14(20)21)15-16-18/h9-10H,6-8H2,1-5H3,(H,20,21). The fourth-order valence-corrected chi connectivity index (χ4v) is 2.10. The smallest absolute Gasteiger partial charge is 0.358 e. The zero-order chi connectivity index (χ0) is 16.2. The van der Waals surface area contributed by atoms with Gasteiger partial charge in [-0.15, -0.1) is 5.10 Å². The van der Waals surface area contributed by atoms with E-state index in [0.29, 0.717) is 30.6 Å². The van der Waals surface area contributed by atoms with Gasteiger partial charge < -0.3 is 10.0 Å². The summed E-state index contributed by atoms with van der Waals surface area (Å²) in [7, 11) is 0. The summed E-state index contributed by atoms with van der Waals surface area (Å²) in [5.41, 5.74) is 0.284. The highest BCUT2D eigenvalue weighted by Crippen LogP contribution is 2.08. The predicted octanol–water partition coefficient (Wildman–Crippen LogP) is 1.43. The maximum atomic E-state index is 12.4. The molecule has 0 aromatic carbocycles. The molecule has 7 nitrogen and oxygen atoms in total. The number of rotatable bonds is 7. The third-order valence-electron chi connectivity index (χ3n) is 2.99. The Morgan fingerprint density at radius 2 is 1.71 bits per heavy atom. The summed E-state index contributed by atoms with van der Waals surface area (Å²) in [6.45, 7) is 11.2. The molecule has 0 unspecified atom stereocenters. The Balaban J connectivity index is 2.83. The fraction of sp³-hybridized carbons (Fsp3) is 0.714. The molecular formula is C14H24N4O3. The van der Waals surface area contributed by atoms with Crippen LogP contribution in [0.2, 0.25) is 0 Å². The van der Waals surface area contributed by atoms with Crippen molar-refractivity contribution in [2.75, 3.05) is 13.1 Å². The lowest BCUT2D eigenvalue weighted by atomic mass is 10.1. The van der Waals surface area contributed by atoms with E-state index in [9.17, 15) is 9.59 Å². The first-order valence-electron chi connectivity index (χ1n) is 7.13. The number of carboxylic acids is 1. The summed E-state index contributed by atoms with van der Waals surface area (Å²) in [5, 5.41) is 16.3. The summed E-state index contributed by atoms with van der Waals surface area (Å²) < 4.78 is 1.35. The van der Waals surface area contributed by atoms with E-state index in [4.69, 9.17) is 5.11 Å². The first-order valence-corrected chi connectivity index (χ1v) is 7.13. The van der Waals surface area contributed by atoms with Gasteiger partial charge in [0.2, 0.25) is 5.91 Å². The van der Waals surface area contributed by atoms with E-state index in [1.807, 2.05) is 0 Å². The molecule has 0 bridgehead atoms. The van der Waals surface area contributed by atoms with Crippen LogP contribution in [-0.4, -0.2) is 50.0 Å². The van der Waals surface area contributed by atoms with E-state index in [-0.39, 0.29) is 18.1 Å². The summed E-state index contributed by atoms with van der Waals surface area (Å²) in [6.07, 6.45) is 0. The van der Waals surface area contributed by atoms with Crippen molar-refractivity contribution in [2.24, 2.45) is 11.8 Å². The SMILES string of the molecule is Cc1c(C(=O)O)nnn1CC(=O)N(CC(C)C)CC(C)C. The number of carbonyl (C=O) groups is 2. The Morgan fingerprint density at radius 3 is 2.10 bits per heavy atom. The number of amides is 1. The summed E-state index contributed by atoms with van der Waals surface area (Å²) >= 11 is 0. The van der Waals surface area contributed by atoms with Crippen LogP contribution in [-0.2, 0) is 11.3 Å². The van der Waals surface area contributed by atoms with Gasteiger partial charge in [0.05, 0.1) is 5.69 Å². The molecule has 1 rings (SSSR count). The Bertz CT molecular complexity index is 498. The van der Waals surface area contributed by atoms with Crippen LogP contribution in [0.3, 0.4) is 0 Å². The molecule has 0 saturated carbocycles. The van der Waals surface area contributed by atoms with Crippen molar-refractivity contribution < 1.29 is 14.7 Å². The average Bonchev–Trinajstić information content (AvgIpc) is 2.69. The molecule has 1 N–H and O–H groups in total.